The van der Waals surface area contributed by atoms with E-state index in [0.717, 1.165) is 22.7 Å². The molecule has 1 fully saturated rings. The number of thioether (sulfide) groups is 1. The number of nitrogens with one attached hydrogen (secondary N) is 1. The Morgan fingerprint density at radius 2 is 2.19 bits per heavy atom. The number of thiazole rings is 1. The topological polar surface area (TPSA) is 68.0 Å². The lowest BCUT2D eigenvalue weighted by Gasteiger charge is -2.32. The number of benzene rings is 1. The summed E-state index contributed by atoms with van der Waals surface area (Å²) < 4.78 is 0.953. The number of amides is 1. The predicted octanol–water partition coefficient (Wildman–Crippen LogP) is 2.37. The quantitative estimate of drug-likeness (QED) is 0.769. The molecule has 3 rings (SSSR count). The third-order valence-electron chi connectivity index (χ3n) is 3.54. The second-order valence-corrected chi connectivity index (χ2v) is 7.26. The summed E-state index contributed by atoms with van der Waals surface area (Å²) in [5, 5.41) is 5.40. The van der Waals surface area contributed by atoms with Gasteiger partial charge in [0.25, 0.3) is 0 Å². The van der Waals surface area contributed by atoms with Crippen molar-refractivity contribution in [3.8, 4) is 0 Å². The maximum atomic E-state index is 12.3. The summed E-state index contributed by atoms with van der Waals surface area (Å²) >= 11 is 3.15. The summed E-state index contributed by atoms with van der Waals surface area (Å²) in [6.07, 6.45) is 3.98. The number of hydrogen-bond donors (Lipinski definition) is 2. The molecule has 1 atom stereocenters. The summed E-state index contributed by atoms with van der Waals surface area (Å²) in [5.41, 5.74) is 5.88. The van der Waals surface area contributed by atoms with Crippen molar-refractivity contribution in [3.63, 3.8) is 0 Å². The van der Waals surface area contributed by atoms with Gasteiger partial charge in [-0.25, -0.2) is 4.98 Å². The molecule has 1 aromatic carbocycles. The van der Waals surface area contributed by atoms with Crippen LogP contribution < -0.4 is 11.1 Å². The van der Waals surface area contributed by atoms with Crippen molar-refractivity contribution in [1.82, 2.24) is 10.3 Å². The minimum absolute atomic E-state index is 0.329. The van der Waals surface area contributed by atoms with E-state index in [1.54, 1.807) is 29.3 Å². The molecule has 1 unspecified atom stereocenters. The highest BCUT2D eigenvalue weighted by Crippen LogP contribution is 2.34. The number of carbonyl (C=O) groups is 1. The molecule has 4 nitrogen and oxygen atoms in total. The van der Waals surface area contributed by atoms with E-state index in [9.17, 15) is 4.79 Å². The van der Waals surface area contributed by atoms with Crippen LogP contribution in [0.15, 0.2) is 46.2 Å². The summed E-state index contributed by atoms with van der Waals surface area (Å²) in [6, 6.07) is 10.1. The van der Waals surface area contributed by atoms with Crippen LogP contribution in [0.3, 0.4) is 0 Å². The normalized spacial score (nSPS) is 17.3. The molecule has 0 radical (unpaired) electrons. The Balaban J connectivity index is 1.89. The summed E-state index contributed by atoms with van der Waals surface area (Å²) in [4.78, 5) is 16.5. The van der Waals surface area contributed by atoms with E-state index in [-0.39, 0.29) is 5.91 Å². The fraction of sp³-hybridized carbons (Fsp3) is 0.333. The number of nitrogens with zero attached hydrogens (tertiary/aromatic N) is 1. The predicted molar refractivity (Wildman–Crippen MR) is 86.3 cm³/mol. The van der Waals surface area contributed by atoms with Crippen LogP contribution in [-0.4, -0.2) is 22.7 Å². The Hall–Kier alpha value is -1.37. The monoisotopic (exact) mass is 319 g/mol. The van der Waals surface area contributed by atoms with Crippen LogP contribution in [0.4, 0.5) is 0 Å². The van der Waals surface area contributed by atoms with Gasteiger partial charge < -0.3 is 5.73 Å². The molecule has 0 saturated heterocycles. The molecule has 3 N–H and O–H groups in total. The average Bonchev–Trinajstić information content (AvgIpc) is 3.16. The van der Waals surface area contributed by atoms with Crippen molar-refractivity contribution in [2.24, 2.45) is 5.73 Å². The maximum absolute atomic E-state index is 12.3. The molecular formula is C15H17N3OS2. The van der Waals surface area contributed by atoms with E-state index in [1.807, 2.05) is 35.7 Å². The molecule has 1 saturated carbocycles. The Labute approximate surface area is 132 Å². The number of carbonyl (C=O) groups excluding carboxylic acids is 1. The molecule has 6 heteroatoms. The second kappa shape index (κ2) is 6.17. The highest BCUT2D eigenvalue weighted by molar-refractivity contribution is 8.01. The second-order valence-electron chi connectivity index (χ2n) is 5.14. The van der Waals surface area contributed by atoms with Crippen molar-refractivity contribution < 1.29 is 4.79 Å². The standard InChI is InChI=1S/C15H17N3OS2/c16-13(19)15(18-12-6-7-12,11-4-2-1-3-5-11)10-21-14-17-8-9-20-14/h1-5,8-9,12,18H,6-7,10H2,(H2,16,19). The van der Waals surface area contributed by atoms with Gasteiger partial charge in [-0.1, -0.05) is 42.1 Å². The third kappa shape index (κ3) is 3.28. The van der Waals surface area contributed by atoms with Gasteiger partial charge >= 0.3 is 0 Å². The molecule has 1 amide bonds. The zero-order chi connectivity index (χ0) is 14.7. The molecule has 1 aromatic heterocycles. The Kier molecular flexibility index (Phi) is 4.28. The summed E-state index contributed by atoms with van der Waals surface area (Å²) in [5.74, 6) is 0.223. The van der Waals surface area contributed by atoms with E-state index in [1.165, 1.54) is 0 Å². The fourth-order valence-electron chi connectivity index (χ4n) is 2.24. The lowest BCUT2D eigenvalue weighted by Crippen LogP contribution is -2.55. The van der Waals surface area contributed by atoms with Crippen LogP contribution in [0.5, 0.6) is 0 Å². The van der Waals surface area contributed by atoms with Crippen molar-refractivity contribution in [2.45, 2.75) is 28.8 Å². The van der Waals surface area contributed by atoms with Crippen LogP contribution in [-0.2, 0) is 10.3 Å². The molecular weight excluding hydrogens is 302 g/mol. The number of nitrogens with two attached hydrogens (primary N) is 1. The molecule has 1 heterocycles. The van der Waals surface area contributed by atoms with Crippen molar-refractivity contribution in [2.75, 3.05) is 5.75 Å². The minimum atomic E-state index is -0.835. The van der Waals surface area contributed by atoms with Crippen molar-refractivity contribution in [3.05, 3.63) is 47.5 Å². The van der Waals surface area contributed by atoms with Crippen LogP contribution in [0.2, 0.25) is 0 Å². The van der Waals surface area contributed by atoms with Crippen LogP contribution in [0.25, 0.3) is 0 Å². The van der Waals surface area contributed by atoms with Gasteiger partial charge in [-0.15, -0.1) is 11.3 Å². The average molecular weight is 319 g/mol. The molecule has 21 heavy (non-hydrogen) atoms. The zero-order valence-corrected chi connectivity index (χ0v) is 13.1. The van der Waals surface area contributed by atoms with Gasteiger partial charge in [0.15, 0.2) is 0 Å². The molecule has 110 valence electrons. The van der Waals surface area contributed by atoms with E-state index < -0.39 is 5.54 Å². The number of aromatic nitrogens is 1. The molecule has 0 spiro atoms. The number of rotatable bonds is 7. The largest absolute Gasteiger partial charge is 0.368 e. The van der Waals surface area contributed by atoms with Gasteiger partial charge in [0, 0.05) is 23.4 Å². The smallest absolute Gasteiger partial charge is 0.243 e. The SMILES string of the molecule is NC(=O)C(CSc1nccs1)(NC1CC1)c1ccccc1. The van der Waals surface area contributed by atoms with Crippen LogP contribution >= 0.6 is 23.1 Å². The van der Waals surface area contributed by atoms with Gasteiger partial charge in [0.05, 0.1) is 0 Å². The Morgan fingerprint density at radius 1 is 1.43 bits per heavy atom. The zero-order valence-electron chi connectivity index (χ0n) is 11.5. The molecule has 0 aliphatic heterocycles. The first kappa shape index (κ1) is 14.6. The van der Waals surface area contributed by atoms with Gasteiger partial charge in [-0.2, -0.15) is 0 Å². The fourth-order valence-corrected chi connectivity index (χ4v) is 4.09. The minimum Gasteiger partial charge on any atom is -0.368 e. The van der Waals surface area contributed by atoms with Gasteiger partial charge in [-0.05, 0) is 18.4 Å². The number of primary amides is 1. The van der Waals surface area contributed by atoms with Gasteiger partial charge in [-0.3, -0.25) is 10.1 Å². The van der Waals surface area contributed by atoms with E-state index in [2.05, 4.69) is 10.3 Å². The molecule has 2 aromatic rings. The van der Waals surface area contributed by atoms with E-state index in [4.69, 9.17) is 5.73 Å². The summed E-state index contributed by atoms with van der Waals surface area (Å²) in [7, 11) is 0. The molecule has 0 bridgehead atoms. The van der Waals surface area contributed by atoms with E-state index in [0.29, 0.717) is 11.8 Å². The van der Waals surface area contributed by atoms with E-state index >= 15 is 0 Å². The highest BCUT2D eigenvalue weighted by atomic mass is 32.2. The maximum Gasteiger partial charge on any atom is 0.243 e. The Morgan fingerprint density at radius 3 is 2.76 bits per heavy atom. The van der Waals surface area contributed by atoms with Gasteiger partial charge in [0.1, 0.15) is 9.88 Å². The first-order valence-electron chi connectivity index (χ1n) is 6.86. The Bertz CT molecular complexity index is 599. The van der Waals surface area contributed by atoms with Crippen molar-refractivity contribution >= 4 is 29.0 Å². The molecule has 1 aliphatic carbocycles. The lowest BCUT2D eigenvalue weighted by atomic mass is 9.91. The first-order chi connectivity index (χ1) is 10.2. The number of hydrogen-bond acceptors (Lipinski definition) is 5. The highest BCUT2D eigenvalue weighted by Gasteiger charge is 2.42. The summed E-state index contributed by atoms with van der Waals surface area (Å²) in [6.45, 7) is 0. The van der Waals surface area contributed by atoms with Crippen molar-refractivity contribution in [1.29, 1.82) is 0 Å². The third-order valence-corrected chi connectivity index (χ3v) is 5.67. The first-order valence-corrected chi connectivity index (χ1v) is 8.73. The molecule has 1 aliphatic rings. The van der Waals surface area contributed by atoms with Gasteiger partial charge in [0.2, 0.25) is 5.91 Å². The lowest BCUT2D eigenvalue weighted by molar-refractivity contribution is -0.124. The van der Waals surface area contributed by atoms with Crippen LogP contribution in [0, 0.1) is 0 Å². The van der Waals surface area contributed by atoms with Crippen LogP contribution in [0.1, 0.15) is 18.4 Å².